The molecule has 0 saturated heterocycles. The molecule has 0 fully saturated rings. The number of ether oxygens (including phenoxy) is 1. The second-order valence-corrected chi connectivity index (χ2v) is 5.54. The van der Waals surface area contributed by atoms with Crippen molar-refractivity contribution in [2.75, 3.05) is 13.4 Å². The van der Waals surface area contributed by atoms with Gasteiger partial charge >= 0.3 is 5.97 Å². The van der Waals surface area contributed by atoms with Crippen LogP contribution in [0.2, 0.25) is 0 Å². The number of benzene rings is 1. The standard InChI is InChI=1S/C10H12FNO5S/c1-17-6-4-3-5(8(12)10(13)14)7(11)9(6)18(2,15)16/h3-4,8H,12H2,1-2H3,(H,13,14). The molecule has 0 aliphatic carbocycles. The predicted octanol–water partition coefficient (Wildman–Crippen LogP) is 0.322. The van der Waals surface area contributed by atoms with Crippen LogP contribution in [0.15, 0.2) is 17.0 Å². The zero-order chi connectivity index (χ0) is 14.1. The van der Waals surface area contributed by atoms with Crippen LogP contribution in [-0.4, -0.2) is 32.9 Å². The first-order valence-electron chi connectivity index (χ1n) is 4.75. The molecule has 8 heteroatoms. The minimum absolute atomic E-state index is 0.198. The molecule has 0 aromatic heterocycles. The minimum atomic E-state index is -3.91. The molecule has 3 N–H and O–H groups in total. The van der Waals surface area contributed by atoms with E-state index in [0.29, 0.717) is 0 Å². The van der Waals surface area contributed by atoms with Gasteiger partial charge in [-0.15, -0.1) is 0 Å². The van der Waals surface area contributed by atoms with Gasteiger partial charge in [0.15, 0.2) is 15.7 Å². The molecule has 1 unspecified atom stereocenters. The van der Waals surface area contributed by atoms with E-state index in [0.717, 1.165) is 18.4 Å². The summed E-state index contributed by atoms with van der Waals surface area (Å²) in [7, 11) is -2.73. The van der Waals surface area contributed by atoms with E-state index in [1.807, 2.05) is 0 Å². The summed E-state index contributed by atoms with van der Waals surface area (Å²) in [5.41, 5.74) is 4.85. The number of rotatable bonds is 4. The van der Waals surface area contributed by atoms with Gasteiger partial charge in [-0.25, -0.2) is 12.8 Å². The molecule has 0 bridgehead atoms. The molecule has 18 heavy (non-hydrogen) atoms. The number of carboxylic acids is 1. The Morgan fingerprint density at radius 1 is 1.50 bits per heavy atom. The molecule has 6 nitrogen and oxygen atoms in total. The fraction of sp³-hybridized carbons (Fsp3) is 0.300. The highest BCUT2D eigenvalue weighted by Gasteiger charge is 2.27. The molecule has 100 valence electrons. The highest BCUT2D eigenvalue weighted by molar-refractivity contribution is 7.90. The second kappa shape index (κ2) is 4.91. The van der Waals surface area contributed by atoms with Crippen LogP contribution in [0.25, 0.3) is 0 Å². The Kier molecular flexibility index (Phi) is 3.92. The topological polar surface area (TPSA) is 107 Å². The number of hydrogen-bond donors (Lipinski definition) is 2. The number of nitrogens with two attached hydrogens (primary N) is 1. The highest BCUT2D eigenvalue weighted by atomic mass is 32.2. The summed E-state index contributed by atoms with van der Waals surface area (Å²) in [5, 5.41) is 8.71. The largest absolute Gasteiger partial charge is 0.495 e. The predicted molar refractivity (Wildman–Crippen MR) is 60.6 cm³/mol. The maximum atomic E-state index is 14.0. The van der Waals surface area contributed by atoms with Gasteiger partial charge < -0.3 is 15.6 Å². The molecule has 1 atom stereocenters. The third-order valence-corrected chi connectivity index (χ3v) is 3.40. The van der Waals surface area contributed by atoms with Crippen molar-refractivity contribution < 1.29 is 27.4 Å². The number of sulfone groups is 1. The molecule has 0 radical (unpaired) electrons. The average Bonchev–Trinajstić information content (AvgIpc) is 2.25. The molecule has 0 spiro atoms. The fourth-order valence-electron chi connectivity index (χ4n) is 1.43. The summed E-state index contributed by atoms with van der Waals surface area (Å²) in [6.45, 7) is 0. The number of carboxylic acid groups (broad SMARTS) is 1. The Morgan fingerprint density at radius 2 is 2.06 bits per heavy atom. The Hall–Kier alpha value is -1.67. The molecule has 1 aromatic carbocycles. The monoisotopic (exact) mass is 277 g/mol. The van der Waals surface area contributed by atoms with E-state index in [2.05, 4.69) is 0 Å². The molecular formula is C10H12FNO5S. The van der Waals surface area contributed by atoms with Crippen molar-refractivity contribution in [3.8, 4) is 5.75 Å². The van der Waals surface area contributed by atoms with Crippen molar-refractivity contribution in [3.05, 3.63) is 23.5 Å². The van der Waals surface area contributed by atoms with E-state index in [4.69, 9.17) is 15.6 Å². The van der Waals surface area contributed by atoms with Gasteiger partial charge in [-0.3, -0.25) is 4.79 Å². The third kappa shape index (κ3) is 2.59. The molecule has 0 aliphatic rings. The van der Waals surface area contributed by atoms with Gasteiger partial charge in [-0.2, -0.15) is 0 Å². The van der Waals surface area contributed by atoms with E-state index in [-0.39, 0.29) is 5.75 Å². The molecule has 0 heterocycles. The first kappa shape index (κ1) is 14.4. The van der Waals surface area contributed by atoms with Gasteiger partial charge in [0.25, 0.3) is 0 Å². The SMILES string of the molecule is COc1ccc(C(N)C(=O)O)c(F)c1S(C)(=O)=O. The van der Waals surface area contributed by atoms with Crippen LogP contribution in [0.4, 0.5) is 4.39 Å². The summed E-state index contributed by atoms with van der Waals surface area (Å²) in [6.07, 6.45) is 0.796. The lowest BCUT2D eigenvalue weighted by molar-refractivity contribution is -0.138. The van der Waals surface area contributed by atoms with Crippen LogP contribution in [-0.2, 0) is 14.6 Å². The smallest absolute Gasteiger partial charge is 0.325 e. The lowest BCUT2D eigenvalue weighted by atomic mass is 10.1. The van der Waals surface area contributed by atoms with E-state index < -0.39 is 38.1 Å². The quantitative estimate of drug-likeness (QED) is 0.821. The van der Waals surface area contributed by atoms with Crippen molar-refractivity contribution in [1.82, 2.24) is 0 Å². The molecule has 0 amide bonds. The Morgan fingerprint density at radius 3 is 2.44 bits per heavy atom. The van der Waals surface area contributed by atoms with Crippen LogP contribution in [0, 0.1) is 5.82 Å². The number of methoxy groups -OCH3 is 1. The number of hydrogen-bond acceptors (Lipinski definition) is 5. The molecule has 0 saturated carbocycles. The molecule has 1 aromatic rings. The van der Waals surface area contributed by atoms with E-state index in [9.17, 15) is 17.6 Å². The van der Waals surface area contributed by atoms with Crippen LogP contribution in [0.5, 0.6) is 5.75 Å². The van der Waals surface area contributed by atoms with Gasteiger partial charge in [0.1, 0.15) is 16.7 Å². The zero-order valence-electron chi connectivity index (χ0n) is 9.68. The Bertz CT molecular complexity index is 584. The van der Waals surface area contributed by atoms with Gasteiger partial charge in [-0.1, -0.05) is 6.07 Å². The molecule has 0 aliphatic heterocycles. The van der Waals surface area contributed by atoms with Gasteiger partial charge in [0.05, 0.1) is 7.11 Å². The van der Waals surface area contributed by atoms with E-state index >= 15 is 0 Å². The normalized spacial score (nSPS) is 13.1. The van der Waals surface area contributed by atoms with Crippen LogP contribution in [0.1, 0.15) is 11.6 Å². The first-order valence-corrected chi connectivity index (χ1v) is 6.64. The van der Waals surface area contributed by atoms with Gasteiger partial charge in [0, 0.05) is 11.8 Å². The van der Waals surface area contributed by atoms with Crippen LogP contribution < -0.4 is 10.5 Å². The average molecular weight is 277 g/mol. The van der Waals surface area contributed by atoms with Crippen LogP contribution >= 0.6 is 0 Å². The maximum absolute atomic E-state index is 14.0. The van der Waals surface area contributed by atoms with Crippen molar-refractivity contribution in [1.29, 1.82) is 0 Å². The summed E-state index contributed by atoms with van der Waals surface area (Å²) >= 11 is 0. The zero-order valence-corrected chi connectivity index (χ0v) is 10.5. The minimum Gasteiger partial charge on any atom is -0.495 e. The third-order valence-electron chi connectivity index (χ3n) is 2.28. The van der Waals surface area contributed by atoms with E-state index in [1.54, 1.807) is 0 Å². The Labute approximate surface area is 103 Å². The maximum Gasteiger partial charge on any atom is 0.325 e. The highest BCUT2D eigenvalue weighted by Crippen LogP contribution is 2.31. The van der Waals surface area contributed by atoms with Crippen molar-refractivity contribution in [2.45, 2.75) is 10.9 Å². The van der Waals surface area contributed by atoms with Crippen molar-refractivity contribution in [2.24, 2.45) is 5.73 Å². The molecule has 1 rings (SSSR count). The second-order valence-electron chi connectivity index (χ2n) is 3.59. The number of carbonyl (C=O) groups is 1. The fourth-order valence-corrected chi connectivity index (χ4v) is 2.39. The van der Waals surface area contributed by atoms with Crippen LogP contribution in [0.3, 0.4) is 0 Å². The first-order chi connectivity index (χ1) is 8.20. The van der Waals surface area contributed by atoms with Gasteiger partial charge in [0.2, 0.25) is 0 Å². The number of aliphatic carboxylic acids is 1. The Balaban J connectivity index is 3.59. The van der Waals surface area contributed by atoms with Crippen molar-refractivity contribution in [3.63, 3.8) is 0 Å². The van der Waals surface area contributed by atoms with Crippen molar-refractivity contribution >= 4 is 15.8 Å². The summed E-state index contributed by atoms with van der Waals surface area (Å²) in [4.78, 5) is 10.00. The van der Waals surface area contributed by atoms with E-state index in [1.165, 1.54) is 7.11 Å². The lowest BCUT2D eigenvalue weighted by Crippen LogP contribution is -2.23. The summed E-state index contributed by atoms with van der Waals surface area (Å²) in [6, 6.07) is 0.607. The lowest BCUT2D eigenvalue weighted by Gasteiger charge is -2.13. The molecular weight excluding hydrogens is 265 g/mol. The van der Waals surface area contributed by atoms with Gasteiger partial charge in [-0.05, 0) is 6.07 Å². The summed E-state index contributed by atoms with van der Waals surface area (Å²) in [5.74, 6) is -2.86. The summed E-state index contributed by atoms with van der Waals surface area (Å²) < 4.78 is 41.7. The number of halogens is 1.